The third-order valence-corrected chi connectivity index (χ3v) is 3.06. The minimum Gasteiger partial charge on any atom is -0.491 e. The fourth-order valence-electron chi connectivity index (χ4n) is 1.95. The van der Waals surface area contributed by atoms with Crippen molar-refractivity contribution in [2.75, 3.05) is 19.7 Å². The van der Waals surface area contributed by atoms with Crippen LogP contribution < -0.4 is 15.4 Å². The average Bonchev–Trinajstić information content (AvgIpc) is 3.04. The van der Waals surface area contributed by atoms with Crippen molar-refractivity contribution in [1.82, 2.24) is 10.6 Å². The van der Waals surface area contributed by atoms with Crippen LogP contribution in [0.1, 0.15) is 18.2 Å². The van der Waals surface area contributed by atoms with Gasteiger partial charge in [0.05, 0.1) is 12.8 Å². The van der Waals surface area contributed by atoms with Gasteiger partial charge in [-0.05, 0) is 37.6 Å². The molecule has 0 atom stereocenters. The van der Waals surface area contributed by atoms with E-state index in [4.69, 9.17) is 9.15 Å². The number of hydrogen-bond acceptors (Lipinski definition) is 3. The van der Waals surface area contributed by atoms with Gasteiger partial charge in [-0.25, -0.2) is 4.99 Å². The smallest absolute Gasteiger partial charge is 0.191 e. The molecule has 0 amide bonds. The lowest BCUT2D eigenvalue weighted by atomic mass is 10.2. The van der Waals surface area contributed by atoms with Gasteiger partial charge >= 0.3 is 0 Å². The summed E-state index contributed by atoms with van der Waals surface area (Å²) in [4.78, 5) is 4.46. The molecule has 0 saturated carbocycles. The molecule has 2 aromatic rings. The lowest BCUT2D eigenvalue weighted by Gasteiger charge is -2.12. The normalized spacial score (nSPS) is 11.3. The van der Waals surface area contributed by atoms with Gasteiger partial charge in [0.1, 0.15) is 24.7 Å². The number of rotatable bonds is 7. The number of hydrogen-bond donors (Lipinski definition) is 2. The molecule has 1 aromatic heterocycles. The average molecular weight is 301 g/mol. The van der Waals surface area contributed by atoms with Crippen molar-refractivity contribution < 1.29 is 9.15 Å². The van der Waals surface area contributed by atoms with Crippen molar-refractivity contribution in [2.24, 2.45) is 4.99 Å². The molecular weight excluding hydrogens is 278 g/mol. The molecule has 2 N–H and O–H groups in total. The van der Waals surface area contributed by atoms with E-state index in [-0.39, 0.29) is 0 Å². The molecule has 0 bridgehead atoms. The number of benzene rings is 1. The molecule has 1 aromatic carbocycles. The molecule has 0 unspecified atom stereocenters. The third-order valence-electron chi connectivity index (χ3n) is 3.06. The van der Waals surface area contributed by atoms with Crippen LogP contribution in [0.25, 0.3) is 0 Å². The molecule has 22 heavy (non-hydrogen) atoms. The van der Waals surface area contributed by atoms with Crippen LogP contribution >= 0.6 is 0 Å². The Labute approximate surface area is 131 Å². The van der Waals surface area contributed by atoms with Crippen molar-refractivity contribution in [1.29, 1.82) is 0 Å². The van der Waals surface area contributed by atoms with Crippen molar-refractivity contribution in [2.45, 2.75) is 20.4 Å². The second-order valence-corrected chi connectivity index (χ2v) is 4.82. The van der Waals surface area contributed by atoms with Gasteiger partial charge in [0.15, 0.2) is 5.96 Å². The van der Waals surface area contributed by atoms with Crippen LogP contribution in [0.2, 0.25) is 0 Å². The van der Waals surface area contributed by atoms with E-state index in [1.807, 2.05) is 50.2 Å². The predicted molar refractivity (Wildman–Crippen MR) is 88.2 cm³/mol. The highest BCUT2D eigenvalue weighted by atomic mass is 16.5. The van der Waals surface area contributed by atoms with Gasteiger partial charge in [0.2, 0.25) is 0 Å². The van der Waals surface area contributed by atoms with Gasteiger partial charge in [0, 0.05) is 6.54 Å². The maximum absolute atomic E-state index is 5.75. The van der Waals surface area contributed by atoms with E-state index in [0.717, 1.165) is 29.6 Å². The second kappa shape index (κ2) is 8.77. The van der Waals surface area contributed by atoms with E-state index in [1.165, 1.54) is 0 Å². The standard InChI is InChI=1S/C17H23N3O2/c1-3-18-17(20-13-15-8-6-11-21-15)19-10-12-22-16-9-5-4-7-14(16)2/h4-9,11H,3,10,12-13H2,1-2H3,(H2,18,19,20). The van der Waals surface area contributed by atoms with Crippen LogP contribution in [0.15, 0.2) is 52.1 Å². The van der Waals surface area contributed by atoms with Crippen molar-refractivity contribution in [3.05, 3.63) is 54.0 Å². The fraction of sp³-hybridized carbons (Fsp3) is 0.353. The number of nitrogens with zero attached hydrogens (tertiary/aromatic N) is 1. The summed E-state index contributed by atoms with van der Waals surface area (Å²) in [5.41, 5.74) is 1.14. The molecule has 2 rings (SSSR count). The molecule has 1 heterocycles. The van der Waals surface area contributed by atoms with Gasteiger partial charge in [0.25, 0.3) is 0 Å². The molecule has 0 radical (unpaired) electrons. The summed E-state index contributed by atoms with van der Waals surface area (Å²) in [5.74, 6) is 2.52. The number of ether oxygens (including phenoxy) is 1. The van der Waals surface area contributed by atoms with E-state index in [2.05, 4.69) is 15.6 Å². The predicted octanol–water partition coefficient (Wildman–Crippen LogP) is 2.72. The molecule has 0 saturated heterocycles. The largest absolute Gasteiger partial charge is 0.491 e. The molecule has 0 aliphatic carbocycles. The number of aryl methyl sites for hydroxylation is 1. The summed E-state index contributed by atoms with van der Waals surface area (Å²) in [7, 11) is 0. The highest BCUT2D eigenvalue weighted by molar-refractivity contribution is 5.79. The molecular formula is C17H23N3O2. The van der Waals surface area contributed by atoms with Gasteiger partial charge in [-0.1, -0.05) is 18.2 Å². The minimum absolute atomic E-state index is 0.515. The number of guanidine groups is 1. The van der Waals surface area contributed by atoms with Crippen molar-refractivity contribution in [3.8, 4) is 5.75 Å². The summed E-state index contributed by atoms with van der Waals surface area (Å²) in [6.07, 6.45) is 1.65. The molecule has 0 aliphatic rings. The summed E-state index contributed by atoms with van der Waals surface area (Å²) in [6, 6.07) is 11.8. The number of para-hydroxylation sites is 1. The van der Waals surface area contributed by atoms with Crippen LogP contribution in [-0.2, 0) is 6.54 Å². The van der Waals surface area contributed by atoms with Crippen LogP contribution in [-0.4, -0.2) is 25.7 Å². The number of nitrogens with one attached hydrogen (secondary N) is 2. The van der Waals surface area contributed by atoms with E-state index in [1.54, 1.807) is 6.26 Å². The summed E-state index contributed by atoms with van der Waals surface area (Å²) < 4.78 is 11.0. The maximum atomic E-state index is 5.75. The highest BCUT2D eigenvalue weighted by Crippen LogP contribution is 2.15. The summed E-state index contributed by atoms with van der Waals surface area (Å²) in [6.45, 7) is 6.66. The van der Waals surface area contributed by atoms with Crippen LogP contribution in [0, 0.1) is 6.92 Å². The Balaban J connectivity index is 1.77. The maximum Gasteiger partial charge on any atom is 0.191 e. The van der Waals surface area contributed by atoms with Crippen LogP contribution in [0.4, 0.5) is 0 Å². The Morgan fingerprint density at radius 1 is 1.18 bits per heavy atom. The Hall–Kier alpha value is -2.43. The third kappa shape index (κ3) is 5.16. The minimum atomic E-state index is 0.515. The van der Waals surface area contributed by atoms with Crippen molar-refractivity contribution in [3.63, 3.8) is 0 Å². The zero-order chi connectivity index (χ0) is 15.6. The first-order valence-electron chi connectivity index (χ1n) is 7.52. The van der Waals surface area contributed by atoms with Gasteiger partial charge < -0.3 is 19.8 Å². The zero-order valence-electron chi connectivity index (χ0n) is 13.1. The van der Waals surface area contributed by atoms with E-state index in [9.17, 15) is 0 Å². The Morgan fingerprint density at radius 3 is 2.77 bits per heavy atom. The van der Waals surface area contributed by atoms with Gasteiger partial charge in [-0.15, -0.1) is 0 Å². The summed E-state index contributed by atoms with van der Waals surface area (Å²) in [5, 5.41) is 6.44. The molecule has 118 valence electrons. The van der Waals surface area contributed by atoms with Crippen LogP contribution in [0.3, 0.4) is 0 Å². The quantitative estimate of drug-likeness (QED) is 0.469. The molecule has 5 nitrogen and oxygen atoms in total. The molecule has 5 heteroatoms. The highest BCUT2D eigenvalue weighted by Gasteiger charge is 2.00. The monoisotopic (exact) mass is 301 g/mol. The second-order valence-electron chi connectivity index (χ2n) is 4.82. The lowest BCUT2D eigenvalue weighted by Crippen LogP contribution is -2.39. The van der Waals surface area contributed by atoms with Gasteiger partial charge in [-0.2, -0.15) is 0 Å². The Morgan fingerprint density at radius 2 is 2.05 bits per heavy atom. The number of aliphatic imine (C=N–C) groups is 1. The zero-order valence-corrected chi connectivity index (χ0v) is 13.1. The molecule has 0 spiro atoms. The lowest BCUT2D eigenvalue weighted by molar-refractivity contribution is 0.320. The van der Waals surface area contributed by atoms with Gasteiger partial charge in [-0.3, -0.25) is 0 Å². The van der Waals surface area contributed by atoms with E-state index in [0.29, 0.717) is 19.7 Å². The summed E-state index contributed by atoms with van der Waals surface area (Å²) >= 11 is 0. The fourth-order valence-corrected chi connectivity index (χ4v) is 1.95. The molecule has 0 fully saturated rings. The van der Waals surface area contributed by atoms with Crippen molar-refractivity contribution >= 4 is 5.96 Å². The first-order valence-corrected chi connectivity index (χ1v) is 7.52. The number of furan rings is 1. The first-order chi connectivity index (χ1) is 10.8. The van der Waals surface area contributed by atoms with E-state index >= 15 is 0 Å². The Bertz CT molecular complexity index is 579. The first kappa shape index (κ1) is 15.9. The Kier molecular flexibility index (Phi) is 6.36. The SMILES string of the molecule is CCNC(=NCc1ccco1)NCCOc1ccccc1C. The topological polar surface area (TPSA) is 58.8 Å². The van der Waals surface area contributed by atoms with E-state index < -0.39 is 0 Å². The molecule has 0 aliphatic heterocycles. The van der Waals surface area contributed by atoms with Crippen LogP contribution in [0.5, 0.6) is 5.75 Å².